The lowest BCUT2D eigenvalue weighted by Gasteiger charge is -2.20. The Bertz CT molecular complexity index is 429. The SMILES string of the molecule is CCC(NC(=O)C(C)CN)c1ccc(F)cc1F.Cl. The Labute approximate surface area is 118 Å². The monoisotopic (exact) mass is 292 g/mol. The van der Waals surface area contributed by atoms with Crippen LogP contribution >= 0.6 is 12.4 Å². The highest BCUT2D eigenvalue weighted by Gasteiger charge is 2.19. The van der Waals surface area contributed by atoms with Gasteiger partial charge in [0.05, 0.1) is 6.04 Å². The zero-order valence-corrected chi connectivity index (χ0v) is 11.8. The van der Waals surface area contributed by atoms with Gasteiger partial charge in [0.2, 0.25) is 5.91 Å². The summed E-state index contributed by atoms with van der Waals surface area (Å²) in [6, 6.07) is 2.88. The molecule has 1 aromatic carbocycles. The predicted molar refractivity (Wildman–Crippen MR) is 73.0 cm³/mol. The van der Waals surface area contributed by atoms with Gasteiger partial charge in [0.1, 0.15) is 11.6 Å². The van der Waals surface area contributed by atoms with E-state index in [1.54, 1.807) is 6.92 Å². The van der Waals surface area contributed by atoms with Gasteiger partial charge in [-0.25, -0.2) is 8.78 Å². The molecule has 0 heterocycles. The molecule has 3 nitrogen and oxygen atoms in total. The number of nitrogens with one attached hydrogen (secondary N) is 1. The van der Waals surface area contributed by atoms with Crippen LogP contribution in [0.1, 0.15) is 31.9 Å². The fourth-order valence-corrected chi connectivity index (χ4v) is 1.60. The summed E-state index contributed by atoms with van der Waals surface area (Å²) in [7, 11) is 0. The fourth-order valence-electron chi connectivity index (χ4n) is 1.60. The highest BCUT2D eigenvalue weighted by Crippen LogP contribution is 2.21. The van der Waals surface area contributed by atoms with E-state index in [4.69, 9.17) is 5.73 Å². The van der Waals surface area contributed by atoms with Crippen molar-refractivity contribution >= 4 is 18.3 Å². The van der Waals surface area contributed by atoms with Gasteiger partial charge in [-0.15, -0.1) is 12.4 Å². The van der Waals surface area contributed by atoms with Gasteiger partial charge < -0.3 is 11.1 Å². The third kappa shape index (κ3) is 4.76. The van der Waals surface area contributed by atoms with E-state index in [0.717, 1.165) is 6.07 Å². The Kier molecular flexibility index (Phi) is 7.56. The van der Waals surface area contributed by atoms with Crippen molar-refractivity contribution in [3.63, 3.8) is 0 Å². The van der Waals surface area contributed by atoms with Crippen molar-refractivity contribution in [1.29, 1.82) is 0 Å². The lowest BCUT2D eigenvalue weighted by atomic mass is 10.0. The molecule has 0 aliphatic rings. The Morgan fingerprint density at radius 2 is 2.05 bits per heavy atom. The lowest BCUT2D eigenvalue weighted by molar-refractivity contribution is -0.125. The van der Waals surface area contributed by atoms with E-state index < -0.39 is 17.7 Å². The average molecular weight is 293 g/mol. The molecule has 0 saturated heterocycles. The topological polar surface area (TPSA) is 55.1 Å². The van der Waals surface area contributed by atoms with Crippen molar-refractivity contribution in [3.05, 3.63) is 35.4 Å². The standard InChI is InChI=1S/C13H18F2N2O.ClH/c1-3-12(17-13(18)8(2)7-16)10-5-4-9(14)6-11(10)15;/h4-6,8,12H,3,7,16H2,1-2H3,(H,17,18);1H. The third-order valence-electron chi connectivity index (χ3n) is 2.86. The number of carbonyl (C=O) groups is 1. The molecule has 1 aromatic rings. The van der Waals surface area contributed by atoms with Crippen LogP contribution in [0.4, 0.5) is 8.78 Å². The molecule has 0 radical (unpaired) electrons. The van der Waals surface area contributed by atoms with E-state index in [-0.39, 0.29) is 36.3 Å². The van der Waals surface area contributed by atoms with Gasteiger partial charge >= 0.3 is 0 Å². The van der Waals surface area contributed by atoms with Crippen LogP contribution in [0.5, 0.6) is 0 Å². The summed E-state index contributed by atoms with van der Waals surface area (Å²) < 4.78 is 26.4. The predicted octanol–water partition coefficient (Wildman–Crippen LogP) is 2.55. The van der Waals surface area contributed by atoms with Gasteiger partial charge in [0.15, 0.2) is 0 Å². The number of rotatable bonds is 5. The second-order valence-electron chi connectivity index (χ2n) is 4.27. The molecule has 2 unspecified atom stereocenters. The normalized spacial score (nSPS) is 13.3. The van der Waals surface area contributed by atoms with Crippen molar-refractivity contribution in [3.8, 4) is 0 Å². The number of carbonyl (C=O) groups excluding carboxylic acids is 1. The summed E-state index contributed by atoms with van der Waals surface area (Å²) in [4.78, 5) is 11.7. The molecule has 1 rings (SSSR count). The van der Waals surface area contributed by atoms with Crippen LogP contribution < -0.4 is 11.1 Å². The van der Waals surface area contributed by atoms with Crippen LogP contribution in [-0.2, 0) is 4.79 Å². The second kappa shape index (κ2) is 8.07. The molecular formula is C13H19ClF2N2O. The summed E-state index contributed by atoms with van der Waals surface area (Å²) in [5.41, 5.74) is 5.68. The van der Waals surface area contributed by atoms with Gasteiger partial charge in [0, 0.05) is 24.1 Å². The van der Waals surface area contributed by atoms with Crippen molar-refractivity contribution in [2.45, 2.75) is 26.3 Å². The van der Waals surface area contributed by atoms with Crippen molar-refractivity contribution < 1.29 is 13.6 Å². The highest BCUT2D eigenvalue weighted by molar-refractivity contribution is 5.85. The third-order valence-corrected chi connectivity index (χ3v) is 2.86. The summed E-state index contributed by atoms with van der Waals surface area (Å²) in [6.07, 6.45) is 0.519. The first-order chi connectivity index (χ1) is 8.49. The van der Waals surface area contributed by atoms with Crippen molar-refractivity contribution in [1.82, 2.24) is 5.32 Å². The van der Waals surface area contributed by atoms with E-state index >= 15 is 0 Å². The van der Waals surface area contributed by atoms with Gasteiger partial charge in [-0.1, -0.05) is 19.9 Å². The Balaban J connectivity index is 0.00000324. The molecule has 0 aliphatic carbocycles. The quantitative estimate of drug-likeness (QED) is 0.876. The lowest BCUT2D eigenvalue weighted by Crippen LogP contribution is -2.36. The molecule has 19 heavy (non-hydrogen) atoms. The van der Waals surface area contributed by atoms with E-state index in [1.165, 1.54) is 12.1 Å². The van der Waals surface area contributed by atoms with Crippen LogP contribution in [0.15, 0.2) is 18.2 Å². The minimum atomic E-state index is -0.650. The number of halogens is 3. The molecule has 0 fully saturated rings. The van der Waals surface area contributed by atoms with Crippen molar-refractivity contribution in [2.24, 2.45) is 11.7 Å². The van der Waals surface area contributed by atoms with E-state index in [9.17, 15) is 13.6 Å². The Morgan fingerprint density at radius 3 is 2.53 bits per heavy atom. The summed E-state index contributed by atoms with van der Waals surface area (Å²) >= 11 is 0. The van der Waals surface area contributed by atoms with Gasteiger partial charge in [-0.3, -0.25) is 4.79 Å². The van der Waals surface area contributed by atoms with Gasteiger partial charge in [-0.2, -0.15) is 0 Å². The number of benzene rings is 1. The molecule has 2 atom stereocenters. The van der Waals surface area contributed by atoms with E-state index in [1.807, 2.05) is 6.92 Å². The molecule has 0 aromatic heterocycles. The zero-order valence-electron chi connectivity index (χ0n) is 11.0. The van der Waals surface area contributed by atoms with Crippen LogP contribution in [0.25, 0.3) is 0 Å². The largest absolute Gasteiger partial charge is 0.349 e. The molecule has 0 spiro atoms. The first-order valence-electron chi connectivity index (χ1n) is 5.95. The summed E-state index contributed by atoms with van der Waals surface area (Å²) in [5.74, 6) is -1.84. The summed E-state index contributed by atoms with van der Waals surface area (Å²) in [6.45, 7) is 3.75. The van der Waals surface area contributed by atoms with Gasteiger partial charge in [0.25, 0.3) is 0 Å². The fraction of sp³-hybridized carbons (Fsp3) is 0.462. The first kappa shape index (κ1) is 17.8. The number of hydrogen-bond acceptors (Lipinski definition) is 2. The van der Waals surface area contributed by atoms with E-state index in [2.05, 4.69) is 5.32 Å². The maximum atomic E-state index is 13.6. The maximum absolute atomic E-state index is 13.6. The molecule has 1 amide bonds. The Hall–Kier alpha value is -1.20. The molecule has 0 saturated carbocycles. The van der Waals surface area contributed by atoms with Crippen LogP contribution in [0.3, 0.4) is 0 Å². The smallest absolute Gasteiger partial charge is 0.224 e. The van der Waals surface area contributed by atoms with Crippen LogP contribution in [-0.4, -0.2) is 12.5 Å². The van der Waals surface area contributed by atoms with Crippen LogP contribution in [0.2, 0.25) is 0 Å². The minimum Gasteiger partial charge on any atom is -0.349 e. The number of hydrogen-bond donors (Lipinski definition) is 2. The molecule has 108 valence electrons. The second-order valence-corrected chi connectivity index (χ2v) is 4.27. The molecular weight excluding hydrogens is 274 g/mol. The van der Waals surface area contributed by atoms with E-state index in [0.29, 0.717) is 6.42 Å². The first-order valence-corrected chi connectivity index (χ1v) is 5.95. The maximum Gasteiger partial charge on any atom is 0.224 e. The molecule has 0 bridgehead atoms. The average Bonchev–Trinajstić information content (AvgIpc) is 2.35. The molecule has 3 N–H and O–H groups in total. The van der Waals surface area contributed by atoms with Gasteiger partial charge in [-0.05, 0) is 12.5 Å². The number of nitrogens with two attached hydrogens (primary N) is 1. The van der Waals surface area contributed by atoms with Crippen LogP contribution in [0, 0.1) is 17.6 Å². The highest BCUT2D eigenvalue weighted by atomic mass is 35.5. The minimum absolute atomic E-state index is 0. The number of amides is 1. The van der Waals surface area contributed by atoms with Crippen molar-refractivity contribution in [2.75, 3.05) is 6.54 Å². The molecule has 6 heteroatoms. The zero-order chi connectivity index (χ0) is 13.7. The Morgan fingerprint density at radius 1 is 1.42 bits per heavy atom. The molecule has 0 aliphatic heterocycles. The summed E-state index contributed by atoms with van der Waals surface area (Å²) in [5, 5.41) is 2.71.